The van der Waals surface area contributed by atoms with Crippen molar-refractivity contribution in [2.45, 2.75) is 37.9 Å². The number of aliphatic hydroxyl groups excluding tert-OH is 1. The molecule has 1 aromatic carbocycles. The van der Waals surface area contributed by atoms with Crippen molar-refractivity contribution in [1.82, 2.24) is 9.80 Å². The second-order valence-electron chi connectivity index (χ2n) is 7.20. The lowest BCUT2D eigenvalue weighted by molar-refractivity contribution is -0.0116. The molecule has 0 saturated carbocycles. The van der Waals surface area contributed by atoms with Gasteiger partial charge in [-0.15, -0.1) is 0 Å². The van der Waals surface area contributed by atoms with Gasteiger partial charge in [-0.2, -0.15) is 0 Å². The smallest absolute Gasteiger partial charge is 0.122 e. The minimum atomic E-state index is 0.226. The molecule has 2 heterocycles. The highest BCUT2D eigenvalue weighted by Gasteiger charge is 2.31. The summed E-state index contributed by atoms with van der Waals surface area (Å²) in [6.45, 7) is 5.93. The van der Waals surface area contributed by atoms with Crippen LogP contribution in [0.2, 0.25) is 0 Å². The van der Waals surface area contributed by atoms with Crippen LogP contribution in [0.3, 0.4) is 0 Å². The van der Waals surface area contributed by atoms with Crippen molar-refractivity contribution in [2.24, 2.45) is 0 Å². The van der Waals surface area contributed by atoms with E-state index in [1.807, 2.05) is 6.07 Å². The summed E-state index contributed by atoms with van der Waals surface area (Å²) in [6.07, 6.45) is 3.05. The van der Waals surface area contributed by atoms with E-state index in [2.05, 4.69) is 21.9 Å². The zero-order chi connectivity index (χ0) is 18.4. The molecule has 0 aromatic heterocycles. The van der Waals surface area contributed by atoms with Crippen molar-refractivity contribution in [3.8, 4) is 11.5 Å². The quantitative estimate of drug-likeness (QED) is 0.796. The molecule has 2 aliphatic rings. The van der Waals surface area contributed by atoms with E-state index < -0.39 is 0 Å². The molecular formula is C20H32N2O4. The van der Waals surface area contributed by atoms with Crippen LogP contribution in [-0.2, 0) is 11.3 Å². The number of benzene rings is 1. The minimum absolute atomic E-state index is 0.226. The summed E-state index contributed by atoms with van der Waals surface area (Å²) in [5, 5.41) is 9.56. The fraction of sp³-hybridized carbons (Fsp3) is 0.700. The van der Waals surface area contributed by atoms with Gasteiger partial charge in [-0.1, -0.05) is 0 Å². The molecule has 2 aliphatic heterocycles. The van der Waals surface area contributed by atoms with E-state index in [-0.39, 0.29) is 6.61 Å². The zero-order valence-corrected chi connectivity index (χ0v) is 16.0. The van der Waals surface area contributed by atoms with Gasteiger partial charge in [0.25, 0.3) is 0 Å². The van der Waals surface area contributed by atoms with E-state index in [1.54, 1.807) is 14.2 Å². The Morgan fingerprint density at radius 3 is 2.38 bits per heavy atom. The molecule has 0 amide bonds. The summed E-state index contributed by atoms with van der Waals surface area (Å²) in [6, 6.07) is 7.04. The largest absolute Gasteiger partial charge is 0.497 e. The van der Waals surface area contributed by atoms with Crippen molar-refractivity contribution in [2.75, 3.05) is 53.7 Å². The summed E-state index contributed by atoms with van der Waals surface area (Å²) >= 11 is 0. The van der Waals surface area contributed by atoms with Gasteiger partial charge in [0.05, 0.1) is 14.2 Å². The van der Waals surface area contributed by atoms with Crippen LogP contribution in [0.15, 0.2) is 18.2 Å². The molecule has 0 bridgehead atoms. The first kappa shape index (κ1) is 19.4. The number of aliphatic hydroxyl groups is 1. The molecule has 6 heteroatoms. The molecule has 1 atom stereocenters. The Hall–Kier alpha value is -1.34. The first-order valence-corrected chi connectivity index (χ1v) is 9.62. The maximum Gasteiger partial charge on any atom is 0.122 e. The van der Waals surface area contributed by atoms with E-state index in [1.165, 1.54) is 5.56 Å². The maximum atomic E-state index is 9.56. The van der Waals surface area contributed by atoms with Gasteiger partial charge in [0.15, 0.2) is 0 Å². The van der Waals surface area contributed by atoms with Gasteiger partial charge in [-0.05, 0) is 37.0 Å². The van der Waals surface area contributed by atoms with E-state index >= 15 is 0 Å². The lowest BCUT2D eigenvalue weighted by Crippen LogP contribution is -2.56. The highest BCUT2D eigenvalue weighted by atomic mass is 16.5. The summed E-state index contributed by atoms with van der Waals surface area (Å²) in [5.41, 5.74) is 1.18. The number of methoxy groups -OCH3 is 2. The first-order chi connectivity index (χ1) is 12.7. The number of hydrogen-bond donors (Lipinski definition) is 1. The Bertz CT molecular complexity index is 540. The Morgan fingerprint density at radius 1 is 1.08 bits per heavy atom. The lowest BCUT2D eigenvalue weighted by Gasteiger charge is -2.45. The van der Waals surface area contributed by atoms with Crippen molar-refractivity contribution in [1.29, 1.82) is 0 Å². The third-order valence-corrected chi connectivity index (χ3v) is 5.60. The number of rotatable bonds is 7. The van der Waals surface area contributed by atoms with Crippen LogP contribution >= 0.6 is 0 Å². The topological polar surface area (TPSA) is 54.4 Å². The fourth-order valence-corrected chi connectivity index (χ4v) is 4.12. The number of hydrogen-bond acceptors (Lipinski definition) is 6. The number of piperazine rings is 1. The molecule has 1 aromatic rings. The van der Waals surface area contributed by atoms with E-state index in [0.29, 0.717) is 12.1 Å². The fourth-order valence-electron chi connectivity index (χ4n) is 4.12. The van der Waals surface area contributed by atoms with E-state index in [9.17, 15) is 5.11 Å². The molecule has 1 N–H and O–H groups in total. The molecule has 3 rings (SSSR count). The van der Waals surface area contributed by atoms with Gasteiger partial charge in [0.1, 0.15) is 11.5 Å². The summed E-state index contributed by atoms with van der Waals surface area (Å²) in [7, 11) is 3.36. The molecule has 0 unspecified atom stereocenters. The molecule has 0 radical (unpaired) electrons. The van der Waals surface area contributed by atoms with Gasteiger partial charge >= 0.3 is 0 Å². The molecule has 0 aliphatic carbocycles. The highest BCUT2D eigenvalue weighted by Crippen LogP contribution is 2.26. The number of ether oxygens (including phenoxy) is 3. The predicted molar refractivity (Wildman–Crippen MR) is 101 cm³/mol. The minimum Gasteiger partial charge on any atom is -0.497 e. The second kappa shape index (κ2) is 9.55. The van der Waals surface area contributed by atoms with E-state index in [4.69, 9.17) is 14.2 Å². The lowest BCUT2D eigenvalue weighted by atomic mass is 10.0. The molecule has 146 valence electrons. The van der Waals surface area contributed by atoms with E-state index in [0.717, 1.165) is 70.2 Å². The van der Waals surface area contributed by atoms with Crippen molar-refractivity contribution in [3.63, 3.8) is 0 Å². The monoisotopic (exact) mass is 364 g/mol. The molecule has 2 saturated heterocycles. The average molecular weight is 364 g/mol. The molecule has 26 heavy (non-hydrogen) atoms. The first-order valence-electron chi connectivity index (χ1n) is 9.62. The van der Waals surface area contributed by atoms with Gasteiger partial charge in [0.2, 0.25) is 0 Å². The standard InChI is InChI=1S/C20H32N2O4/c1-24-19-11-16(12-20(13-19)25-2)14-21-6-7-22(15-18(21)3-8-23)17-4-9-26-10-5-17/h11-13,17-18,23H,3-10,14-15H2,1-2H3/t18-/m1/s1. The molecule has 0 spiro atoms. The van der Waals surface area contributed by atoms with Crippen molar-refractivity contribution in [3.05, 3.63) is 23.8 Å². The van der Waals surface area contributed by atoms with Crippen LogP contribution in [0, 0.1) is 0 Å². The van der Waals surface area contributed by atoms with Crippen LogP contribution in [0.25, 0.3) is 0 Å². The summed E-state index contributed by atoms with van der Waals surface area (Å²) < 4.78 is 16.3. The van der Waals surface area contributed by atoms with Crippen LogP contribution < -0.4 is 9.47 Å². The Kier molecular flexibility index (Phi) is 7.14. The van der Waals surface area contributed by atoms with Crippen molar-refractivity contribution < 1.29 is 19.3 Å². The van der Waals surface area contributed by atoms with Crippen LogP contribution in [-0.4, -0.2) is 80.7 Å². The third-order valence-electron chi connectivity index (χ3n) is 5.60. The molecule has 6 nitrogen and oxygen atoms in total. The normalized spacial score (nSPS) is 23.1. The molecule has 2 fully saturated rings. The van der Waals surface area contributed by atoms with Gasteiger partial charge in [0, 0.05) is 64.1 Å². The van der Waals surface area contributed by atoms with Crippen LogP contribution in [0.4, 0.5) is 0 Å². The Labute approximate surface area is 156 Å². The Morgan fingerprint density at radius 2 is 1.77 bits per heavy atom. The second-order valence-corrected chi connectivity index (χ2v) is 7.20. The third kappa shape index (κ3) is 4.88. The SMILES string of the molecule is COc1cc(CN2CCN(C3CCOCC3)C[C@H]2CCO)cc(OC)c1. The van der Waals surface area contributed by atoms with Gasteiger partial charge < -0.3 is 19.3 Å². The van der Waals surface area contributed by atoms with Gasteiger partial charge in [-0.3, -0.25) is 9.80 Å². The highest BCUT2D eigenvalue weighted by molar-refractivity contribution is 5.38. The Balaban J connectivity index is 1.67. The number of nitrogens with zero attached hydrogens (tertiary/aromatic N) is 2. The molecular weight excluding hydrogens is 332 g/mol. The predicted octanol–water partition coefficient (Wildman–Crippen LogP) is 1.75. The van der Waals surface area contributed by atoms with Crippen LogP contribution in [0.5, 0.6) is 11.5 Å². The summed E-state index contributed by atoms with van der Waals surface area (Å²) in [5.74, 6) is 1.64. The van der Waals surface area contributed by atoms with Crippen molar-refractivity contribution >= 4 is 0 Å². The maximum absolute atomic E-state index is 9.56. The summed E-state index contributed by atoms with van der Waals surface area (Å²) in [4.78, 5) is 5.09. The average Bonchev–Trinajstić information content (AvgIpc) is 2.69. The van der Waals surface area contributed by atoms with Crippen LogP contribution in [0.1, 0.15) is 24.8 Å². The van der Waals surface area contributed by atoms with Gasteiger partial charge in [-0.25, -0.2) is 0 Å². The zero-order valence-electron chi connectivity index (χ0n) is 16.0.